The fourth-order valence-electron chi connectivity index (χ4n) is 3.58. The molecular formula is C24H30IN5O. The SMILES string of the molecule is CCNC(=NCc1cnn(Cc2ccccc2)c1)NCCc1ccc2c(c1)CCO2.I. The molecule has 0 fully saturated rings. The molecule has 2 heterocycles. The molecule has 7 heteroatoms. The molecule has 6 nitrogen and oxygen atoms in total. The highest BCUT2D eigenvalue weighted by atomic mass is 127. The molecule has 0 atom stereocenters. The quantitative estimate of drug-likeness (QED) is 0.264. The third-order valence-electron chi connectivity index (χ3n) is 5.10. The van der Waals surface area contributed by atoms with E-state index in [2.05, 4.69) is 71.3 Å². The normalized spacial score (nSPS) is 12.6. The Labute approximate surface area is 201 Å². The van der Waals surface area contributed by atoms with Crippen LogP contribution in [0.3, 0.4) is 0 Å². The summed E-state index contributed by atoms with van der Waals surface area (Å²) in [5, 5.41) is 11.2. The predicted octanol–water partition coefficient (Wildman–Crippen LogP) is 3.78. The van der Waals surface area contributed by atoms with Crippen molar-refractivity contribution >= 4 is 29.9 Å². The number of guanidine groups is 1. The summed E-state index contributed by atoms with van der Waals surface area (Å²) in [7, 11) is 0. The summed E-state index contributed by atoms with van der Waals surface area (Å²) in [6, 6.07) is 16.8. The molecule has 1 aliphatic rings. The van der Waals surface area contributed by atoms with Gasteiger partial charge >= 0.3 is 0 Å². The van der Waals surface area contributed by atoms with Gasteiger partial charge < -0.3 is 15.4 Å². The monoisotopic (exact) mass is 531 g/mol. The van der Waals surface area contributed by atoms with E-state index in [1.807, 2.05) is 16.9 Å². The lowest BCUT2D eigenvalue weighted by molar-refractivity contribution is 0.357. The fourth-order valence-corrected chi connectivity index (χ4v) is 3.58. The summed E-state index contributed by atoms with van der Waals surface area (Å²) in [5.41, 5.74) is 4.98. The van der Waals surface area contributed by atoms with E-state index in [9.17, 15) is 0 Å². The van der Waals surface area contributed by atoms with Gasteiger partial charge in [0.1, 0.15) is 5.75 Å². The Hall–Kier alpha value is -2.55. The standard InChI is InChI=1S/C24H29N5O.HI/c1-2-25-24(26-12-10-19-8-9-23-22(14-19)11-13-30-23)27-15-21-16-28-29(18-21)17-20-6-4-3-5-7-20;/h3-9,14,16,18H,2,10-13,15,17H2,1H3,(H2,25,26,27);1H. The third-order valence-corrected chi connectivity index (χ3v) is 5.10. The Balaban J connectivity index is 0.00000272. The van der Waals surface area contributed by atoms with Crippen LogP contribution >= 0.6 is 24.0 Å². The number of hydrogen-bond acceptors (Lipinski definition) is 3. The molecule has 2 N–H and O–H groups in total. The number of benzene rings is 2. The first kappa shape index (κ1) is 23.1. The zero-order chi connectivity index (χ0) is 20.6. The Morgan fingerprint density at radius 2 is 1.97 bits per heavy atom. The van der Waals surface area contributed by atoms with Crippen LogP contribution in [0.1, 0.15) is 29.2 Å². The van der Waals surface area contributed by atoms with Crippen LogP contribution in [-0.4, -0.2) is 35.4 Å². The van der Waals surface area contributed by atoms with E-state index in [4.69, 9.17) is 9.73 Å². The second-order valence-corrected chi connectivity index (χ2v) is 7.44. The zero-order valence-corrected chi connectivity index (χ0v) is 20.2. The van der Waals surface area contributed by atoms with Crippen LogP contribution in [0.2, 0.25) is 0 Å². The van der Waals surface area contributed by atoms with Gasteiger partial charge in [0, 0.05) is 31.3 Å². The van der Waals surface area contributed by atoms with Crippen molar-refractivity contribution in [3.05, 3.63) is 83.2 Å². The Bertz CT molecular complexity index is 987. The number of nitrogens with zero attached hydrogens (tertiary/aromatic N) is 3. The van der Waals surface area contributed by atoms with E-state index in [1.165, 1.54) is 16.7 Å². The van der Waals surface area contributed by atoms with Crippen molar-refractivity contribution in [1.82, 2.24) is 20.4 Å². The number of hydrogen-bond donors (Lipinski definition) is 2. The number of halogens is 1. The Kier molecular flexibility index (Phi) is 8.75. The summed E-state index contributed by atoms with van der Waals surface area (Å²) in [6.07, 6.45) is 5.92. The number of ether oxygens (including phenoxy) is 1. The first-order valence-corrected chi connectivity index (χ1v) is 10.6. The van der Waals surface area contributed by atoms with Crippen LogP contribution in [0.5, 0.6) is 5.75 Å². The number of rotatable bonds is 8. The zero-order valence-electron chi connectivity index (χ0n) is 17.9. The van der Waals surface area contributed by atoms with Gasteiger partial charge in [0.05, 0.1) is 25.9 Å². The molecule has 0 unspecified atom stereocenters. The second-order valence-electron chi connectivity index (χ2n) is 7.44. The van der Waals surface area contributed by atoms with Gasteiger partial charge in [-0.3, -0.25) is 4.68 Å². The lowest BCUT2D eigenvalue weighted by atomic mass is 10.1. The van der Waals surface area contributed by atoms with Crippen molar-refractivity contribution in [2.75, 3.05) is 19.7 Å². The maximum absolute atomic E-state index is 5.59. The van der Waals surface area contributed by atoms with Crippen molar-refractivity contribution in [3.63, 3.8) is 0 Å². The summed E-state index contributed by atoms with van der Waals surface area (Å²) in [5.74, 6) is 1.87. The number of fused-ring (bicyclic) bond motifs is 1. The van der Waals surface area contributed by atoms with Gasteiger partial charge in [-0.1, -0.05) is 42.5 Å². The second kappa shape index (κ2) is 11.7. The molecule has 0 spiro atoms. The molecule has 0 radical (unpaired) electrons. The van der Waals surface area contributed by atoms with Crippen LogP contribution in [0.25, 0.3) is 0 Å². The van der Waals surface area contributed by atoms with Gasteiger partial charge in [-0.15, -0.1) is 24.0 Å². The van der Waals surface area contributed by atoms with Crippen molar-refractivity contribution in [3.8, 4) is 5.75 Å². The van der Waals surface area contributed by atoms with E-state index in [0.717, 1.165) is 56.4 Å². The third kappa shape index (κ3) is 6.72. The molecular weight excluding hydrogens is 501 g/mol. The number of nitrogens with one attached hydrogen (secondary N) is 2. The molecule has 0 bridgehead atoms. The van der Waals surface area contributed by atoms with Crippen LogP contribution in [0.4, 0.5) is 0 Å². The van der Waals surface area contributed by atoms with Crippen molar-refractivity contribution < 1.29 is 4.74 Å². The molecule has 164 valence electrons. The van der Waals surface area contributed by atoms with Crippen molar-refractivity contribution in [2.24, 2.45) is 4.99 Å². The highest BCUT2D eigenvalue weighted by molar-refractivity contribution is 14.0. The molecule has 1 aromatic heterocycles. The lowest BCUT2D eigenvalue weighted by Crippen LogP contribution is -2.38. The van der Waals surface area contributed by atoms with Gasteiger partial charge in [0.15, 0.2) is 5.96 Å². The van der Waals surface area contributed by atoms with Crippen LogP contribution in [0, 0.1) is 0 Å². The highest BCUT2D eigenvalue weighted by Crippen LogP contribution is 2.25. The maximum atomic E-state index is 5.59. The Morgan fingerprint density at radius 1 is 1.10 bits per heavy atom. The smallest absolute Gasteiger partial charge is 0.191 e. The molecule has 2 aromatic carbocycles. The summed E-state index contributed by atoms with van der Waals surface area (Å²) in [6.45, 7) is 5.91. The number of aliphatic imine (C=N–C) groups is 1. The minimum absolute atomic E-state index is 0. The van der Waals surface area contributed by atoms with E-state index >= 15 is 0 Å². The van der Waals surface area contributed by atoms with Crippen LogP contribution in [-0.2, 0) is 25.9 Å². The summed E-state index contributed by atoms with van der Waals surface area (Å²) >= 11 is 0. The predicted molar refractivity (Wildman–Crippen MR) is 135 cm³/mol. The summed E-state index contributed by atoms with van der Waals surface area (Å²) < 4.78 is 7.54. The number of aromatic nitrogens is 2. The summed E-state index contributed by atoms with van der Waals surface area (Å²) in [4.78, 5) is 4.71. The molecule has 1 aliphatic heterocycles. The molecule has 4 rings (SSSR count). The first-order valence-electron chi connectivity index (χ1n) is 10.6. The largest absolute Gasteiger partial charge is 0.493 e. The lowest BCUT2D eigenvalue weighted by Gasteiger charge is -2.11. The topological polar surface area (TPSA) is 63.5 Å². The van der Waals surface area contributed by atoms with Crippen LogP contribution < -0.4 is 15.4 Å². The fraction of sp³-hybridized carbons (Fsp3) is 0.333. The first-order chi connectivity index (χ1) is 14.8. The molecule has 0 saturated heterocycles. The minimum atomic E-state index is 0. The average molecular weight is 531 g/mol. The van der Waals surface area contributed by atoms with E-state index in [1.54, 1.807) is 0 Å². The van der Waals surface area contributed by atoms with E-state index < -0.39 is 0 Å². The molecule has 0 amide bonds. The average Bonchev–Trinajstić information content (AvgIpc) is 3.41. The van der Waals surface area contributed by atoms with Gasteiger partial charge in [-0.25, -0.2) is 4.99 Å². The van der Waals surface area contributed by atoms with Gasteiger partial charge in [-0.05, 0) is 36.1 Å². The minimum Gasteiger partial charge on any atom is -0.493 e. The van der Waals surface area contributed by atoms with E-state index in [-0.39, 0.29) is 24.0 Å². The molecule has 0 aliphatic carbocycles. The Morgan fingerprint density at radius 3 is 2.81 bits per heavy atom. The van der Waals surface area contributed by atoms with Crippen LogP contribution in [0.15, 0.2) is 65.9 Å². The maximum Gasteiger partial charge on any atom is 0.191 e. The molecule has 0 saturated carbocycles. The van der Waals surface area contributed by atoms with Gasteiger partial charge in [0.2, 0.25) is 0 Å². The van der Waals surface area contributed by atoms with Crippen molar-refractivity contribution in [1.29, 1.82) is 0 Å². The van der Waals surface area contributed by atoms with Gasteiger partial charge in [0.25, 0.3) is 0 Å². The highest BCUT2D eigenvalue weighted by Gasteiger charge is 2.11. The molecule has 31 heavy (non-hydrogen) atoms. The van der Waals surface area contributed by atoms with E-state index in [0.29, 0.717) is 6.54 Å². The van der Waals surface area contributed by atoms with Crippen molar-refractivity contribution in [2.45, 2.75) is 32.9 Å². The molecule has 3 aromatic rings. The van der Waals surface area contributed by atoms with Gasteiger partial charge in [-0.2, -0.15) is 5.10 Å².